The molecule has 4 rings (SSSR count). The predicted molar refractivity (Wildman–Crippen MR) is 78.7 cm³/mol. The van der Waals surface area contributed by atoms with Gasteiger partial charge in [-0.1, -0.05) is 16.5 Å². The minimum absolute atomic E-state index is 0.517. The van der Waals surface area contributed by atoms with E-state index in [9.17, 15) is 0 Å². The van der Waals surface area contributed by atoms with Gasteiger partial charge in [-0.2, -0.15) is 0 Å². The molecule has 0 bridgehead atoms. The molecule has 7 heteroatoms. The number of rotatable bonds is 2. The molecule has 0 spiro atoms. The van der Waals surface area contributed by atoms with Gasteiger partial charge in [0, 0.05) is 18.0 Å². The van der Waals surface area contributed by atoms with Crippen molar-refractivity contribution in [3.8, 4) is 21.3 Å². The van der Waals surface area contributed by atoms with E-state index < -0.39 is 0 Å². The first-order chi connectivity index (χ1) is 10.3. The number of nitrogens with zero attached hydrogens (tertiary/aromatic N) is 5. The molecule has 0 aliphatic carbocycles. The maximum Gasteiger partial charge on any atom is 0.258 e. The van der Waals surface area contributed by atoms with Gasteiger partial charge in [0.2, 0.25) is 0 Å². The van der Waals surface area contributed by atoms with E-state index in [0.717, 1.165) is 32.4 Å². The molecular weight excluding hydrogens is 286 g/mol. The Morgan fingerprint density at radius 1 is 1.10 bits per heavy atom. The molecule has 6 nitrogen and oxygen atoms in total. The summed E-state index contributed by atoms with van der Waals surface area (Å²) < 4.78 is 5.19. The second-order valence-corrected chi connectivity index (χ2v) is 5.45. The highest BCUT2D eigenvalue weighted by Gasteiger charge is 2.12. The average Bonchev–Trinajstić information content (AvgIpc) is 3.15. The first-order valence-corrected chi connectivity index (χ1v) is 7.10. The fraction of sp³-hybridized carbons (Fsp3) is 0.0714. The second kappa shape index (κ2) is 4.71. The Balaban J connectivity index is 1.77. The smallest absolute Gasteiger partial charge is 0.258 e. The molecule has 0 fully saturated rings. The monoisotopic (exact) mass is 295 g/mol. The maximum atomic E-state index is 5.19. The molecule has 0 aliphatic rings. The molecular formula is C14H9N5OS. The van der Waals surface area contributed by atoms with Gasteiger partial charge in [0.1, 0.15) is 10.7 Å². The van der Waals surface area contributed by atoms with Crippen LogP contribution in [-0.4, -0.2) is 25.3 Å². The number of hydrogen-bond donors (Lipinski definition) is 0. The van der Waals surface area contributed by atoms with Crippen molar-refractivity contribution >= 4 is 22.4 Å². The van der Waals surface area contributed by atoms with Crippen molar-refractivity contribution in [3.05, 3.63) is 42.4 Å². The lowest BCUT2D eigenvalue weighted by Gasteiger charge is -1.93. The predicted octanol–water partition coefficient (Wildman–Crippen LogP) is 3.11. The zero-order chi connectivity index (χ0) is 14.2. The fourth-order valence-electron chi connectivity index (χ4n) is 2.00. The summed E-state index contributed by atoms with van der Waals surface area (Å²) in [5, 5.41) is 14.8. The van der Waals surface area contributed by atoms with Gasteiger partial charge < -0.3 is 4.52 Å². The van der Waals surface area contributed by atoms with Crippen LogP contribution in [0.15, 0.2) is 41.2 Å². The summed E-state index contributed by atoms with van der Waals surface area (Å²) in [6, 6.07) is 7.67. The normalized spacial score (nSPS) is 11.1. The van der Waals surface area contributed by atoms with Crippen LogP contribution in [0.2, 0.25) is 0 Å². The van der Waals surface area contributed by atoms with Crippen molar-refractivity contribution in [3.63, 3.8) is 0 Å². The Kier molecular flexibility index (Phi) is 2.71. The molecule has 0 amide bonds. The molecule has 0 unspecified atom stereocenters. The van der Waals surface area contributed by atoms with E-state index in [1.54, 1.807) is 12.4 Å². The highest BCUT2D eigenvalue weighted by Crippen LogP contribution is 2.29. The third kappa shape index (κ3) is 2.07. The number of pyridine rings is 2. The van der Waals surface area contributed by atoms with Crippen LogP contribution < -0.4 is 0 Å². The number of fused-ring (bicyclic) bond motifs is 1. The Morgan fingerprint density at radius 3 is 2.86 bits per heavy atom. The van der Waals surface area contributed by atoms with Gasteiger partial charge >= 0.3 is 0 Å². The minimum atomic E-state index is 0.517. The van der Waals surface area contributed by atoms with Crippen LogP contribution >= 0.6 is 11.3 Å². The Morgan fingerprint density at radius 2 is 2.00 bits per heavy atom. The van der Waals surface area contributed by atoms with Crippen LogP contribution in [-0.2, 0) is 0 Å². The van der Waals surface area contributed by atoms with Gasteiger partial charge in [-0.25, -0.2) is 4.98 Å². The van der Waals surface area contributed by atoms with Crippen molar-refractivity contribution in [2.24, 2.45) is 0 Å². The van der Waals surface area contributed by atoms with Gasteiger partial charge in [0.15, 0.2) is 5.01 Å². The average molecular weight is 295 g/mol. The first kappa shape index (κ1) is 12.1. The van der Waals surface area contributed by atoms with E-state index in [2.05, 4.69) is 25.3 Å². The summed E-state index contributed by atoms with van der Waals surface area (Å²) in [5.41, 5.74) is 3.02. The Bertz CT molecular complexity index is 915. The van der Waals surface area contributed by atoms with E-state index in [1.165, 1.54) is 11.3 Å². The number of aryl methyl sites for hydroxylation is 1. The lowest BCUT2D eigenvalue weighted by molar-refractivity contribution is 0.443. The highest BCUT2D eigenvalue weighted by molar-refractivity contribution is 7.17. The van der Waals surface area contributed by atoms with Crippen molar-refractivity contribution in [2.45, 2.75) is 6.92 Å². The van der Waals surface area contributed by atoms with E-state index >= 15 is 0 Å². The summed E-state index contributed by atoms with van der Waals surface area (Å²) in [6.45, 7) is 1.89. The summed E-state index contributed by atoms with van der Waals surface area (Å²) in [6.07, 6.45) is 3.49. The molecule has 0 saturated heterocycles. The lowest BCUT2D eigenvalue weighted by atomic mass is 10.2. The SMILES string of the molecule is Cc1noc2nc(-c3nnc(-c4cccnc4)s3)ccc12. The maximum absolute atomic E-state index is 5.19. The third-order valence-corrected chi connectivity index (χ3v) is 4.07. The first-order valence-electron chi connectivity index (χ1n) is 6.28. The van der Waals surface area contributed by atoms with Crippen LogP contribution in [0.25, 0.3) is 32.4 Å². The summed E-state index contributed by atoms with van der Waals surface area (Å²) >= 11 is 1.47. The summed E-state index contributed by atoms with van der Waals surface area (Å²) in [4.78, 5) is 8.52. The molecule has 4 aromatic rings. The second-order valence-electron chi connectivity index (χ2n) is 4.47. The molecule has 4 heterocycles. The molecule has 0 radical (unpaired) electrons. The fourth-order valence-corrected chi connectivity index (χ4v) is 2.80. The molecule has 4 aromatic heterocycles. The van der Waals surface area contributed by atoms with Crippen LogP contribution in [0.4, 0.5) is 0 Å². The molecule has 102 valence electrons. The summed E-state index contributed by atoms with van der Waals surface area (Å²) in [7, 11) is 0. The summed E-state index contributed by atoms with van der Waals surface area (Å²) in [5.74, 6) is 0. The quantitative estimate of drug-likeness (QED) is 0.565. The van der Waals surface area contributed by atoms with E-state index in [0.29, 0.717) is 5.71 Å². The largest absolute Gasteiger partial charge is 0.336 e. The van der Waals surface area contributed by atoms with Crippen LogP contribution in [0.3, 0.4) is 0 Å². The zero-order valence-electron chi connectivity index (χ0n) is 11.0. The van der Waals surface area contributed by atoms with E-state index in [4.69, 9.17) is 4.52 Å². The Labute approximate surface area is 123 Å². The Hall–Kier alpha value is -2.67. The topological polar surface area (TPSA) is 77.6 Å². The standard InChI is InChI=1S/C14H9N5OS/c1-8-10-4-5-11(16-12(10)20-19-8)14-18-17-13(21-14)9-3-2-6-15-7-9/h2-7H,1H3. The number of aromatic nitrogens is 5. The minimum Gasteiger partial charge on any atom is -0.336 e. The molecule has 21 heavy (non-hydrogen) atoms. The van der Waals surface area contributed by atoms with Gasteiger partial charge in [0.05, 0.1) is 11.1 Å². The van der Waals surface area contributed by atoms with Crippen molar-refractivity contribution in [1.29, 1.82) is 0 Å². The number of hydrogen-bond acceptors (Lipinski definition) is 7. The van der Waals surface area contributed by atoms with Gasteiger partial charge in [-0.15, -0.1) is 10.2 Å². The molecule has 0 N–H and O–H groups in total. The van der Waals surface area contributed by atoms with Crippen LogP contribution in [0, 0.1) is 6.92 Å². The molecule has 0 atom stereocenters. The molecule has 0 aliphatic heterocycles. The van der Waals surface area contributed by atoms with Crippen molar-refractivity contribution in [1.82, 2.24) is 25.3 Å². The lowest BCUT2D eigenvalue weighted by Crippen LogP contribution is -1.83. The van der Waals surface area contributed by atoms with Crippen LogP contribution in [0.5, 0.6) is 0 Å². The molecule has 0 aromatic carbocycles. The molecule has 0 saturated carbocycles. The zero-order valence-corrected chi connectivity index (χ0v) is 11.8. The van der Waals surface area contributed by atoms with Crippen LogP contribution in [0.1, 0.15) is 5.69 Å². The van der Waals surface area contributed by atoms with Crippen molar-refractivity contribution in [2.75, 3.05) is 0 Å². The van der Waals surface area contributed by atoms with Gasteiger partial charge in [-0.05, 0) is 31.2 Å². The van der Waals surface area contributed by atoms with E-state index in [-0.39, 0.29) is 0 Å². The van der Waals surface area contributed by atoms with Crippen molar-refractivity contribution < 1.29 is 4.52 Å². The third-order valence-electron chi connectivity index (χ3n) is 3.07. The van der Waals surface area contributed by atoms with Gasteiger partial charge in [0.25, 0.3) is 5.71 Å². The van der Waals surface area contributed by atoms with E-state index in [1.807, 2.05) is 31.2 Å². The highest BCUT2D eigenvalue weighted by atomic mass is 32.1. The van der Waals surface area contributed by atoms with Gasteiger partial charge in [-0.3, -0.25) is 4.98 Å².